The fourth-order valence-electron chi connectivity index (χ4n) is 3.08. The maximum absolute atomic E-state index is 13.2. The zero-order chi connectivity index (χ0) is 20.4. The van der Waals surface area contributed by atoms with Crippen molar-refractivity contribution in [2.45, 2.75) is 20.4 Å². The monoisotopic (exact) mass is 415 g/mol. The maximum atomic E-state index is 13.2. The lowest BCUT2D eigenvalue weighted by molar-refractivity contribution is -0.136. The van der Waals surface area contributed by atoms with E-state index in [9.17, 15) is 9.59 Å². The summed E-state index contributed by atoms with van der Waals surface area (Å²) in [6, 6.07) is 13.0. The highest BCUT2D eigenvalue weighted by molar-refractivity contribution is 6.43. The number of hydrogen-bond donors (Lipinski definition) is 0. The summed E-state index contributed by atoms with van der Waals surface area (Å²) in [5.41, 5.74) is 3.67. The first-order valence-corrected chi connectivity index (χ1v) is 9.41. The summed E-state index contributed by atoms with van der Waals surface area (Å²) in [6.45, 7) is 4.09. The molecule has 0 aliphatic carbocycles. The van der Waals surface area contributed by atoms with Crippen molar-refractivity contribution in [2.24, 2.45) is 0 Å². The van der Waals surface area contributed by atoms with Gasteiger partial charge in [-0.1, -0.05) is 65.2 Å². The Labute approximate surface area is 174 Å². The number of methoxy groups -OCH3 is 1. The fourth-order valence-corrected chi connectivity index (χ4v) is 3.44. The van der Waals surface area contributed by atoms with Crippen LogP contribution in [0.1, 0.15) is 23.6 Å². The first-order chi connectivity index (χ1) is 13.3. The van der Waals surface area contributed by atoms with Crippen LogP contribution in [0, 0.1) is 6.92 Å². The predicted molar refractivity (Wildman–Crippen MR) is 111 cm³/mol. The van der Waals surface area contributed by atoms with E-state index in [4.69, 9.17) is 27.9 Å². The lowest BCUT2D eigenvalue weighted by atomic mass is 10.0. The molecule has 0 radical (unpaired) electrons. The number of carbonyl (C=O) groups excluding carboxylic acids is 2. The summed E-state index contributed by atoms with van der Waals surface area (Å²) < 4.78 is 4.91. The minimum atomic E-state index is -0.568. The van der Waals surface area contributed by atoms with Crippen molar-refractivity contribution >= 4 is 41.2 Å². The van der Waals surface area contributed by atoms with Crippen LogP contribution in [0.15, 0.2) is 59.3 Å². The third-order valence-electron chi connectivity index (χ3n) is 4.64. The number of nitrogens with zero attached hydrogens (tertiary/aromatic N) is 1. The Morgan fingerprint density at radius 3 is 2.43 bits per heavy atom. The van der Waals surface area contributed by atoms with Crippen LogP contribution in [0.3, 0.4) is 0 Å². The highest BCUT2D eigenvalue weighted by Crippen LogP contribution is 2.35. The molecule has 1 amide bonds. The van der Waals surface area contributed by atoms with Gasteiger partial charge in [-0.3, -0.25) is 4.79 Å². The van der Waals surface area contributed by atoms with Gasteiger partial charge in [0.25, 0.3) is 5.91 Å². The Hall–Kier alpha value is -2.56. The molecule has 0 spiro atoms. The van der Waals surface area contributed by atoms with Gasteiger partial charge in [-0.15, -0.1) is 0 Å². The molecule has 1 aliphatic heterocycles. The smallest absolute Gasteiger partial charge is 0.340 e. The third kappa shape index (κ3) is 3.84. The molecule has 2 aromatic carbocycles. The average Bonchev–Trinajstić information content (AvgIpc) is 2.91. The first kappa shape index (κ1) is 20.2. The van der Waals surface area contributed by atoms with Crippen LogP contribution in [-0.4, -0.2) is 23.9 Å². The zero-order valence-electron chi connectivity index (χ0n) is 15.8. The van der Waals surface area contributed by atoms with Crippen LogP contribution in [-0.2, 0) is 20.9 Å². The number of benzene rings is 2. The van der Waals surface area contributed by atoms with Gasteiger partial charge in [-0.05, 0) is 37.1 Å². The summed E-state index contributed by atoms with van der Waals surface area (Å²) in [4.78, 5) is 27.1. The van der Waals surface area contributed by atoms with Gasteiger partial charge in [0.1, 0.15) is 0 Å². The number of esters is 1. The third-order valence-corrected chi connectivity index (χ3v) is 5.48. The Balaban J connectivity index is 2.06. The number of hydrogen-bond acceptors (Lipinski definition) is 3. The van der Waals surface area contributed by atoms with Gasteiger partial charge in [0.05, 0.1) is 34.8 Å². The molecule has 0 saturated heterocycles. The van der Waals surface area contributed by atoms with E-state index in [1.165, 1.54) is 7.11 Å². The summed E-state index contributed by atoms with van der Waals surface area (Å²) in [5, 5.41) is 0.696. The lowest BCUT2D eigenvalue weighted by Gasteiger charge is -2.18. The van der Waals surface area contributed by atoms with E-state index in [0.717, 1.165) is 11.1 Å². The maximum Gasteiger partial charge on any atom is 0.340 e. The second-order valence-electron chi connectivity index (χ2n) is 6.53. The molecule has 0 bridgehead atoms. The molecule has 3 rings (SSSR count). The molecule has 0 fully saturated rings. The summed E-state index contributed by atoms with van der Waals surface area (Å²) in [6.07, 6.45) is 1.58. The number of aryl methyl sites for hydroxylation is 1. The largest absolute Gasteiger partial charge is 0.465 e. The van der Waals surface area contributed by atoms with Gasteiger partial charge < -0.3 is 9.64 Å². The van der Waals surface area contributed by atoms with E-state index < -0.39 is 5.97 Å². The summed E-state index contributed by atoms with van der Waals surface area (Å²) in [7, 11) is 1.29. The van der Waals surface area contributed by atoms with Crippen LogP contribution in [0.5, 0.6) is 0 Å². The van der Waals surface area contributed by atoms with Crippen molar-refractivity contribution < 1.29 is 14.3 Å². The first-order valence-electron chi connectivity index (χ1n) is 8.66. The van der Waals surface area contributed by atoms with E-state index in [-0.39, 0.29) is 17.1 Å². The van der Waals surface area contributed by atoms with E-state index >= 15 is 0 Å². The van der Waals surface area contributed by atoms with E-state index in [1.807, 2.05) is 31.2 Å². The highest BCUT2D eigenvalue weighted by Gasteiger charge is 2.37. The van der Waals surface area contributed by atoms with E-state index in [1.54, 1.807) is 36.1 Å². The fraction of sp³-hybridized carbons (Fsp3) is 0.182. The molecule has 144 valence electrons. The molecule has 6 heteroatoms. The molecule has 4 nitrogen and oxygen atoms in total. The number of carbonyl (C=O) groups is 2. The van der Waals surface area contributed by atoms with Gasteiger partial charge in [0, 0.05) is 5.70 Å². The van der Waals surface area contributed by atoms with Crippen molar-refractivity contribution in [1.82, 2.24) is 4.90 Å². The topological polar surface area (TPSA) is 46.6 Å². The standard InChI is InChI=1S/C22H19Cl2NO3/c1-13-7-9-15(10-8-13)12-25-14(2)19(22(27)28-3)17(21(25)26)11-16-5-4-6-18(23)20(16)24/h4-11H,12H2,1-3H3/b17-11-. The van der Waals surface area contributed by atoms with Crippen molar-refractivity contribution in [3.63, 3.8) is 0 Å². The van der Waals surface area contributed by atoms with Crippen LogP contribution < -0.4 is 0 Å². The van der Waals surface area contributed by atoms with Crippen molar-refractivity contribution in [1.29, 1.82) is 0 Å². The van der Waals surface area contributed by atoms with Crippen molar-refractivity contribution in [2.75, 3.05) is 7.11 Å². The van der Waals surface area contributed by atoms with E-state index in [0.29, 0.717) is 27.9 Å². The van der Waals surface area contributed by atoms with Gasteiger partial charge in [-0.25, -0.2) is 4.79 Å². The van der Waals surface area contributed by atoms with Gasteiger partial charge in [-0.2, -0.15) is 0 Å². The molecule has 0 saturated carbocycles. The molecule has 0 aromatic heterocycles. The van der Waals surface area contributed by atoms with Gasteiger partial charge in [0.15, 0.2) is 0 Å². The Morgan fingerprint density at radius 2 is 1.79 bits per heavy atom. The number of allylic oxidation sites excluding steroid dienone is 1. The molecular formula is C22H19Cl2NO3. The molecule has 28 heavy (non-hydrogen) atoms. The second kappa shape index (κ2) is 8.21. The lowest BCUT2D eigenvalue weighted by Crippen LogP contribution is -2.24. The van der Waals surface area contributed by atoms with Gasteiger partial charge in [0.2, 0.25) is 0 Å². The van der Waals surface area contributed by atoms with Crippen molar-refractivity contribution in [3.8, 4) is 0 Å². The van der Waals surface area contributed by atoms with Crippen LogP contribution in [0.25, 0.3) is 6.08 Å². The van der Waals surface area contributed by atoms with Crippen molar-refractivity contribution in [3.05, 3.63) is 86.0 Å². The minimum absolute atomic E-state index is 0.232. The van der Waals surface area contributed by atoms with Gasteiger partial charge >= 0.3 is 5.97 Å². The summed E-state index contributed by atoms with van der Waals surface area (Å²) in [5.74, 6) is -0.851. The predicted octanol–water partition coefficient (Wildman–Crippen LogP) is 5.17. The second-order valence-corrected chi connectivity index (χ2v) is 7.32. The normalized spacial score (nSPS) is 15.5. The number of ether oxygens (including phenoxy) is 1. The van der Waals surface area contributed by atoms with E-state index in [2.05, 4.69) is 0 Å². The van der Waals surface area contributed by atoms with Crippen LogP contribution in [0.2, 0.25) is 10.0 Å². The minimum Gasteiger partial charge on any atom is -0.465 e. The molecule has 0 unspecified atom stereocenters. The quantitative estimate of drug-likeness (QED) is 0.510. The number of amides is 1. The SMILES string of the molecule is COC(=O)C1=C(C)N(Cc2ccc(C)cc2)C(=O)/C1=C\c1cccc(Cl)c1Cl. The molecule has 0 N–H and O–H groups in total. The number of rotatable bonds is 4. The zero-order valence-corrected chi connectivity index (χ0v) is 17.3. The highest BCUT2D eigenvalue weighted by atomic mass is 35.5. The molecule has 1 aliphatic rings. The Kier molecular flexibility index (Phi) is 5.92. The number of halogens is 2. The molecule has 0 atom stereocenters. The molecular weight excluding hydrogens is 397 g/mol. The van der Waals surface area contributed by atoms with Crippen LogP contribution >= 0.6 is 23.2 Å². The van der Waals surface area contributed by atoms with Crippen LogP contribution in [0.4, 0.5) is 0 Å². The molecule has 2 aromatic rings. The Bertz CT molecular complexity index is 1010. The Morgan fingerprint density at radius 1 is 1.11 bits per heavy atom. The molecule has 1 heterocycles. The summed E-state index contributed by atoms with van der Waals surface area (Å²) >= 11 is 12.3. The average molecular weight is 416 g/mol.